The van der Waals surface area contributed by atoms with Gasteiger partial charge in [0.05, 0.1) is 7.11 Å². The summed E-state index contributed by atoms with van der Waals surface area (Å²) < 4.78 is 4.71. The Bertz CT molecular complexity index is 433. The fourth-order valence-corrected chi connectivity index (χ4v) is 1.78. The highest BCUT2D eigenvalue weighted by Gasteiger charge is 2.05. The van der Waals surface area contributed by atoms with Crippen molar-refractivity contribution in [1.29, 1.82) is 0 Å². The molecule has 0 atom stereocenters. The Morgan fingerprint density at radius 2 is 1.95 bits per heavy atom. The monoisotopic (exact) mass is 261 g/mol. The summed E-state index contributed by atoms with van der Waals surface area (Å²) in [6, 6.07) is 8.37. The summed E-state index contributed by atoms with van der Waals surface area (Å²) in [5, 5.41) is 3.27. The molecule has 0 radical (unpaired) electrons. The Hall–Kier alpha value is -1.77. The normalized spacial score (nSPS) is 11.5. The molecule has 0 aliphatic rings. The number of carbonyl (C=O) groups is 1. The second kappa shape index (κ2) is 7.62. The Labute approximate surface area is 115 Å². The van der Waals surface area contributed by atoms with Gasteiger partial charge < -0.3 is 10.1 Å². The van der Waals surface area contributed by atoms with Crippen LogP contribution in [0.1, 0.15) is 38.7 Å². The van der Waals surface area contributed by atoms with Crippen molar-refractivity contribution in [2.24, 2.45) is 0 Å². The third-order valence-corrected chi connectivity index (χ3v) is 3.06. The molecule has 0 fully saturated rings. The summed E-state index contributed by atoms with van der Waals surface area (Å²) >= 11 is 0. The fraction of sp³-hybridized carbons (Fsp3) is 0.438. The number of rotatable bonds is 6. The summed E-state index contributed by atoms with van der Waals surface area (Å²) in [6.07, 6.45) is 2.56. The van der Waals surface area contributed by atoms with Crippen LogP contribution in [0.5, 0.6) is 0 Å². The molecule has 104 valence electrons. The highest BCUT2D eigenvalue weighted by molar-refractivity contribution is 5.88. The summed E-state index contributed by atoms with van der Waals surface area (Å²) in [7, 11) is 1.41. The van der Waals surface area contributed by atoms with Gasteiger partial charge in [0.15, 0.2) is 0 Å². The van der Waals surface area contributed by atoms with Gasteiger partial charge in [-0.3, -0.25) is 0 Å². The largest absolute Gasteiger partial charge is 0.466 e. The molecule has 1 aromatic carbocycles. The standard InChI is InChI=1S/C16H23NO2/c1-5-13(16(18)19-4)10-11-17-15-8-6-14(7-9-15)12(2)3/h6-10,12,17H,5,11H2,1-4H3/b13-10-. The molecule has 3 nitrogen and oxygen atoms in total. The van der Waals surface area contributed by atoms with Crippen molar-refractivity contribution in [3.05, 3.63) is 41.5 Å². The van der Waals surface area contributed by atoms with E-state index in [9.17, 15) is 4.79 Å². The van der Waals surface area contributed by atoms with Crippen LogP contribution in [0.3, 0.4) is 0 Å². The second-order valence-electron chi connectivity index (χ2n) is 4.73. The molecule has 0 aliphatic carbocycles. The predicted octanol–water partition coefficient (Wildman–Crippen LogP) is 3.73. The van der Waals surface area contributed by atoms with Gasteiger partial charge in [-0.05, 0) is 30.0 Å². The van der Waals surface area contributed by atoms with Gasteiger partial charge in [0.25, 0.3) is 0 Å². The molecule has 0 heterocycles. The Morgan fingerprint density at radius 1 is 1.32 bits per heavy atom. The molecule has 0 spiro atoms. The van der Waals surface area contributed by atoms with Gasteiger partial charge in [-0.2, -0.15) is 0 Å². The van der Waals surface area contributed by atoms with Gasteiger partial charge in [-0.15, -0.1) is 0 Å². The number of anilines is 1. The van der Waals surface area contributed by atoms with Crippen molar-refractivity contribution >= 4 is 11.7 Å². The van der Waals surface area contributed by atoms with Crippen LogP contribution in [0, 0.1) is 0 Å². The number of ether oxygens (including phenoxy) is 1. The van der Waals surface area contributed by atoms with E-state index in [1.54, 1.807) is 0 Å². The molecular weight excluding hydrogens is 238 g/mol. The van der Waals surface area contributed by atoms with Gasteiger partial charge in [0.2, 0.25) is 0 Å². The minimum absolute atomic E-state index is 0.251. The van der Waals surface area contributed by atoms with Crippen LogP contribution in [-0.4, -0.2) is 19.6 Å². The minimum atomic E-state index is -0.251. The minimum Gasteiger partial charge on any atom is -0.466 e. The van der Waals surface area contributed by atoms with E-state index in [0.29, 0.717) is 24.5 Å². The molecule has 0 aliphatic heterocycles. The summed E-state index contributed by atoms with van der Waals surface area (Å²) in [5.74, 6) is 0.291. The van der Waals surface area contributed by atoms with Crippen LogP contribution in [-0.2, 0) is 9.53 Å². The zero-order chi connectivity index (χ0) is 14.3. The summed E-state index contributed by atoms with van der Waals surface area (Å²) in [4.78, 5) is 11.4. The Morgan fingerprint density at radius 3 is 2.42 bits per heavy atom. The zero-order valence-electron chi connectivity index (χ0n) is 12.2. The predicted molar refractivity (Wildman–Crippen MR) is 79.4 cm³/mol. The first-order chi connectivity index (χ1) is 9.08. The lowest BCUT2D eigenvalue weighted by atomic mass is 10.0. The molecule has 0 saturated carbocycles. The first-order valence-corrected chi connectivity index (χ1v) is 6.69. The average molecular weight is 261 g/mol. The lowest BCUT2D eigenvalue weighted by molar-refractivity contribution is -0.136. The molecule has 0 aromatic heterocycles. The second-order valence-corrected chi connectivity index (χ2v) is 4.73. The molecule has 0 saturated heterocycles. The van der Waals surface area contributed by atoms with Crippen LogP contribution in [0.25, 0.3) is 0 Å². The Kier molecular flexibility index (Phi) is 6.13. The third-order valence-electron chi connectivity index (χ3n) is 3.06. The van der Waals surface area contributed by atoms with Gasteiger partial charge in [-0.1, -0.05) is 39.0 Å². The van der Waals surface area contributed by atoms with E-state index < -0.39 is 0 Å². The topological polar surface area (TPSA) is 38.3 Å². The van der Waals surface area contributed by atoms with Crippen molar-refractivity contribution in [3.8, 4) is 0 Å². The van der Waals surface area contributed by atoms with E-state index in [1.165, 1.54) is 12.7 Å². The molecule has 0 bridgehead atoms. The van der Waals surface area contributed by atoms with E-state index in [4.69, 9.17) is 4.74 Å². The van der Waals surface area contributed by atoms with Crippen molar-refractivity contribution in [3.63, 3.8) is 0 Å². The molecule has 1 aromatic rings. The van der Waals surface area contributed by atoms with Crippen LogP contribution >= 0.6 is 0 Å². The molecule has 0 amide bonds. The number of hydrogen-bond acceptors (Lipinski definition) is 3. The maximum atomic E-state index is 11.4. The lowest BCUT2D eigenvalue weighted by Gasteiger charge is -2.08. The van der Waals surface area contributed by atoms with Gasteiger partial charge in [0, 0.05) is 17.8 Å². The third kappa shape index (κ3) is 4.78. The van der Waals surface area contributed by atoms with E-state index in [0.717, 1.165) is 5.69 Å². The highest BCUT2D eigenvalue weighted by atomic mass is 16.5. The maximum absolute atomic E-state index is 11.4. The molecule has 1 N–H and O–H groups in total. The number of benzene rings is 1. The average Bonchev–Trinajstić information content (AvgIpc) is 2.43. The van der Waals surface area contributed by atoms with Crippen LogP contribution < -0.4 is 5.32 Å². The van der Waals surface area contributed by atoms with Crippen molar-refractivity contribution < 1.29 is 9.53 Å². The van der Waals surface area contributed by atoms with Crippen LogP contribution in [0.4, 0.5) is 5.69 Å². The molecule has 0 unspecified atom stereocenters. The summed E-state index contributed by atoms with van der Waals surface area (Å²) in [5.41, 5.74) is 3.08. The molecule has 3 heteroatoms. The van der Waals surface area contributed by atoms with E-state index in [2.05, 4.69) is 43.4 Å². The molecular formula is C16H23NO2. The number of methoxy groups -OCH3 is 1. The van der Waals surface area contributed by atoms with Crippen LogP contribution in [0.2, 0.25) is 0 Å². The highest BCUT2D eigenvalue weighted by Crippen LogP contribution is 2.17. The van der Waals surface area contributed by atoms with E-state index >= 15 is 0 Å². The fourth-order valence-electron chi connectivity index (χ4n) is 1.78. The first-order valence-electron chi connectivity index (χ1n) is 6.69. The van der Waals surface area contributed by atoms with Crippen molar-refractivity contribution in [1.82, 2.24) is 0 Å². The van der Waals surface area contributed by atoms with E-state index in [1.807, 2.05) is 13.0 Å². The Balaban J connectivity index is 2.57. The van der Waals surface area contributed by atoms with Gasteiger partial charge >= 0.3 is 5.97 Å². The maximum Gasteiger partial charge on any atom is 0.333 e. The van der Waals surface area contributed by atoms with Crippen molar-refractivity contribution in [2.75, 3.05) is 19.0 Å². The first kappa shape index (κ1) is 15.3. The smallest absolute Gasteiger partial charge is 0.333 e. The SMILES string of the molecule is CC/C(=C/CNc1ccc(C(C)C)cc1)C(=O)OC. The number of esters is 1. The van der Waals surface area contributed by atoms with Gasteiger partial charge in [0.1, 0.15) is 0 Å². The lowest BCUT2D eigenvalue weighted by Crippen LogP contribution is -2.07. The molecule has 19 heavy (non-hydrogen) atoms. The summed E-state index contributed by atoms with van der Waals surface area (Å²) in [6.45, 7) is 6.92. The number of nitrogens with one attached hydrogen (secondary N) is 1. The number of hydrogen-bond donors (Lipinski definition) is 1. The van der Waals surface area contributed by atoms with Gasteiger partial charge in [-0.25, -0.2) is 4.79 Å². The van der Waals surface area contributed by atoms with E-state index in [-0.39, 0.29) is 5.97 Å². The van der Waals surface area contributed by atoms with Crippen molar-refractivity contribution in [2.45, 2.75) is 33.1 Å². The quantitative estimate of drug-likeness (QED) is 0.626. The number of carbonyl (C=O) groups excluding carboxylic acids is 1. The molecule has 1 rings (SSSR count). The zero-order valence-corrected chi connectivity index (χ0v) is 12.2. The van der Waals surface area contributed by atoms with Crippen LogP contribution in [0.15, 0.2) is 35.9 Å².